The van der Waals surface area contributed by atoms with Crippen LogP contribution in [0, 0.1) is 11.8 Å². The van der Waals surface area contributed by atoms with Gasteiger partial charge in [-0.1, -0.05) is 84.9 Å². The average molecular weight is 653 g/mol. The Balaban J connectivity index is 1.27. The van der Waals surface area contributed by atoms with Crippen LogP contribution in [0.15, 0.2) is 110 Å². The molecule has 48 heavy (non-hydrogen) atoms. The Morgan fingerprint density at radius 2 is 1.48 bits per heavy atom. The van der Waals surface area contributed by atoms with Crippen LogP contribution in [0.2, 0.25) is 0 Å². The molecular weight excluding hydrogens is 604 g/mol. The van der Waals surface area contributed by atoms with Gasteiger partial charge >= 0.3 is 5.97 Å². The summed E-state index contributed by atoms with van der Waals surface area (Å²) in [5, 5.41) is 12.9. The lowest BCUT2D eigenvalue weighted by molar-refractivity contribution is -0.152. The monoisotopic (exact) mass is 652 g/mol. The van der Waals surface area contributed by atoms with E-state index in [9.17, 15) is 19.5 Å². The number of hydrogen-bond acceptors (Lipinski definition) is 6. The standard InChI is InChI=1S/C40H48N2O6/c1-3-12-33(26-38(44)41-35(27-43)25-31-19-21-37(22-20-31)47-28-32-16-9-6-10-17-32)39(45)42-23-11-18-36(42)29-48-40(46)34(13-4-2)24-30-14-7-5-8-15-30/h3-10,14-17,19-22,33-36,43H,1-2,11-13,18,23-29H2,(H,41,44)/t33-,34+,35+,36+/m1/s1. The summed E-state index contributed by atoms with van der Waals surface area (Å²) >= 11 is 0. The summed E-state index contributed by atoms with van der Waals surface area (Å²) in [6.45, 7) is 8.49. The van der Waals surface area contributed by atoms with E-state index in [1.54, 1.807) is 17.1 Å². The van der Waals surface area contributed by atoms with Gasteiger partial charge in [0.05, 0.1) is 30.5 Å². The Labute approximate surface area is 284 Å². The van der Waals surface area contributed by atoms with Gasteiger partial charge in [0.1, 0.15) is 19.0 Å². The molecule has 8 heteroatoms. The van der Waals surface area contributed by atoms with Crippen molar-refractivity contribution >= 4 is 17.8 Å². The first kappa shape index (κ1) is 36.2. The van der Waals surface area contributed by atoms with Crippen LogP contribution in [0.4, 0.5) is 0 Å². The van der Waals surface area contributed by atoms with Crippen LogP contribution in [0.25, 0.3) is 0 Å². The van der Waals surface area contributed by atoms with Gasteiger partial charge in [0.2, 0.25) is 11.8 Å². The van der Waals surface area contributed by atoms with Gasteiger partial charge < -0.3 is 24.8 Å². The zero-order chi connectivity index (χ0) is 34.1. The fourth-order valence-corrected chi connectivity index (χ4v) is 6.08. The first-order valence-corrected chi connectivity index (χ1v) is 16.8. The highest BCUT2D eigenvalue weighted by Gasteiger charge is 2.35. The number of carbonyl (C=O) groups excluding carboxylic acids is 3. The Morgan fingerprint density at radius 1 is 0.854 bits per heavy atom. The summed E-state index contributed by atoms with van der Waals surface area (Å²) in [6, 6.07) is 26.5. The summed E-state index contributed by atoms with van der Waals surface area (Å²) < 4.78 is 11.6. The van der Waals surface area contributed by atoms with Crippen molar-refractivity contribution in [2.24, 2.45) is 11.8 Å². The summed E-state index contributed by atoms with van der Waals surface area (Å²) in [5.74, 6) is -0.986. The average Bonchev–Trinajstić information content (AvgIpc) is 3.59. The van der Waals surface area contributed by atoms with Crippen LogP contribution in [0.3, 0.4) is 0 Å². The SMILES string of the molecule is C=CC[C@@H](Cc1ccccc1)C(=O)OC[C@@H]1CCCN1C(=O)[C@H](CC=C)CC(=O)N[C@H](CO)Cc1ccc(OCc2ccccc2)cc1. The molecule has 1 heterocycles. The second kappa shape index (κ2) is 19.2. The molecule has 3 aromatic rings. The van der Waals surface area contributed by atoms with E-state index >= 15 is 0 Å². The molecule has 4 atom stereocenters. The van der Waals surface area contributed by atoms with E-state index in [-0.39, 0.29) is 49.4 Å². The van der Waals surface area contributed by atoms with Crippen molar-refractivity contribution in [3.63, 3.8) is 0 Å². The van der Waals surface area contributed by atoms with Gasteiger partial charge in [0.15, 0.2) is 0 Å². The molecule has 0 saturated carbocycles. The smallest absolute Gasteiger partial charge is 0.309 e. The number of allylic oxidation sites excluding steroid dienone is 2. The van der Waals surface area contributed by atoms with E-state index in [1.165, 1.54) is 0 Å². The predicted octanol–water partition coefficient (Wildman–Crippen LogP) is 5.84. The Hall–Kier alpha value is -4.69. The Bertz CT molecular complexity index is 1460. The molecule has 1 saturated heterocycles. The Kier molecular flexibility index (Phi) is 14.5. The van der Waals surface area contributed by atoms with Crippen molar-refractivity contribution in [3.8, 4) is 5.75 Å². The fourth-order valence-electron chi connectivity index (χ4n) is 6.08. The normalized spacial score (nSPS) is 15.9. The molecule has 1 fully saturated rings. The number of rotatable bonds is 19. The van der Waals surface area contributed by atoms with E-state index in [4.69, 9.17) is 9.47 Å². The molecule has 2 amide bonds. The van der Waals surface area contributed by atoms with E-state index in [1.807, 2.05) is 84.9 Å². The summed E-state index contributed by atoms with van der Waals surface area (Å²) in [6.07, 6.45) is 6.68. The quantitative estimate of drug-likeness (QED) is 0.125. The van der Waals surface area contributed by atoms with Gasteiger partial charge in [-0.25, -0.2) is 0 Å². The number of ether oxygens (including phenoxy) is 2. The summed E-state index contributed by atoms with van der Waals surface area (Å²) in [7, 11) is 0. The van der Waals surface area contributed by atoms with Gasteiger partial charge in [0.25, 0.3) is 0 Å². The maximum atomic E-state index is 13.7. The van der Waals surface area contributed by atoms with Gasteiger partial charge in [-0.3, -0.25) is 14.4 Å². The van der Waals surface area contributed by atoms with Crippen molar-refractivity contribution in [3.05, 3.63) is 127 Å². The lowest BCUT2D eigenvalue weighted by atomic mass is 9.96. The second-order valence-corrected chi connectivity index (χ2v) is 12.4. The van der Waals surface area contributed by atoms with Crippen LogP contribution in [0.5, 0.6) is 5.75 Å². The molecule has 0 aromatic heterocycles. The number of aliphatic hydroxyl groups is 1. The molecule has 0 bridgehead atoms. The highest BCUT2D eigenvalue weighted by molar-refractivity contribution is 5.86. The number of amides is 2. The first-order chi connectivity index (χ1) is 23.4. The topological polar surface area (TPSA) is 105 Å². The molecular formula is C40H48N2O6. The minimum Gasteiger partial charge on any atom is -0.489 e. The molecule has 0 unspecified atom stereocenters. The van der Waals surface area contributed by atoms with Crippen LogP contribution in [-0.2, 0) is 38.6 Å². The molecule has 0 radical (unpaired) electrons. The maximum Gasteiger partial charge on any atom is 0.309 e. The predicted molar refractivity (Wildman–Crippen MR) is 187 cm³/mol. The molecule has 0 aliphatic carbocycles. The van der Waals surface area contributed by atoms with E-state index in [0.29, 0.717) is 38.8 Å². The van der Waals surface area contributed by atoms with Crippen molar-refractivity contribution in [1.29, 1.82) is 0 Å². The molecule has 0 spiro atoms. The van der Waals surface area contributed by atoms with E-state index in [0.717, 1.165) is 35.3 Å². The number of nitrogens with one attached hydrogen (secondary N) is 1. The molecule has 2 N–H and O–H groups in total. The minimum atomic E-state index is -0.606. The number of esters is 1. The van der Waals surface area contributed by atoms with Crippen LogP contribution in [-0.4, -0.2) is 59.6 Å². The maximum absolute atomic E-state index is 13.7. The van der Waals surface area contributed by atoms with Crippen LogP contribution >= 0.6 is 0 Å². The number of nitrogens with zero attached hydrogens (tertiary/aromatic N) is 1. The van der Waals surface area contributed by atoms with Crippen LogP contribution < -0.4 is 10.1 Å². The molecule has 8 nitrogen and oxygen atoms in total. The number of carbonyl (C=O) groups is 3. The number of benzene rings is 3. The van der Waals surface area contributed by atoms with Crippen LogP contribution in [0.1, 0.15) is 48.8 Å². The van der Waals surface area contributed by atoms with Crippen molar-refractivity contribution in [2.45, 2.75) is 63.6 Å². The first-order valence-electron chi connectivity index (χ1n) is 16.8. The highest BCUT2D eigenvalue weighted by atomic mass is 16.5. The second-order valence-electron chi connectivity index (χ2n) is 12.4. The summed E-state index contributed by atoms with van der Waals surface area (Å²) in [4.78, 5) is 41.6. The van der Waals surface area contributed by atoms with Crippen molar-refractivity contribution in [1.82, 2.24) is 10.2 Å². The van der Waals surface area contributed by atoms with Gasteiger partial charge in [-0.2, -0.15) is 0 Å². The van der Waals surface area contributed by atoms with Gasteiger partial charge in [0, 0.05) is 13.0 Å². The fraction of sp³-hybridized carbons (Fsp3) is 0.375. The lowest BCUT2D eigenvalue weighted by Gasteiger charge is -2.29. The lowest BCUT2D eigenvalue weighted by Crippen LogP contribution is -2.45. The zero-order valence-electron chi connectivity index (χ0n) is 27.7. The third-order valence-electron chi connectivity index (χ3n) is 8.66. The van der Waals surface area contributed by atoms with E-state index in [2.05, 4.69) is 18.5 Å². The third kappa shape index (κ3) is 11.2. The largest absolute Gasteiger partial charge is 0.489 e. The number of likely N-dealkylation sites (tertiary alicyclic amines) is 1. The molecule has 1 aliphatic rings. The molecule has 254 valence electrons. The van der Waals surface area contributed by atoms with Crippen molar-refractivity contribution < 1.29 is 29.0 Å². The van der Waals surface area contributed by atoms with Crippen molar-refractivity contribution in [2.75, 3.05) is 19.8 Å². The molecule has 3 aromatic carbocycles. The zero-order valence-corrected chi connectivity index (χ0v) is 27.7. The number of aliphatic hydroxyl groups excluding tert-OH is 1. The summed E-state index contributed by atoms with van der Waals surface area (Å²) in [5.41, 5.74) is 3.07. The minimum absolute atomic E-state index is 0.0326. The highest BCUT2D eigenvalue weighted by Crippen LogP contribution is 2.25. The number of hydrogen-bond donors (Lipinski definition) is 2. The van der Waals surface area contributed by atoms with E-state index < -0.39 is 12.0 Å². The molecule has 1 aliphatic heterocycles. The van der Waals surface area contributed by atoms with Gasteiger partial charge in [-0.15, -0.1) is 13.2 Å². The molecule has 4 rings (SSSR count). The Morgan fingerprint density at radius 3 is 2.12 bits per heavy atom. The van der Waals surface area contributed by atoms with Gasteiger partial charge in [-0.05, 0) is 67.3 Å². The third-order valence-corrected chi connectivity index (χ3v) is 8.66.